The van der Waals surface area contributed by atoms with Crippen LogP contribution in [0.5, 0.6) is 0 Å². The molecule has 0 aliphatic rings. The Bertz CT molecular complexity index is 664. The quantitative estimate of drug-likeness (QED) is 0.855. The summed E-state index contributed by atoms with van der Waals surface area (Å²) < 4.78 is 2.01. The minimum Gasteiger partial charge on any atom is -0.393 e. The van der Waals surface area contributed by atoms with Crippen LogP contribution in [0.4, 0.5) is 4.79 Å². The molecule has 2 aromatic rings. The number of aliphatic hydroxyl groups excluding tert-OH is 1. The standard InChI is InChI=1S/C18H26N4O2/c1-13(23)9-11-21(4)18(24)20-14(2)16-5-7-17(8-6-16)22-12-10-19-15(22)3/h5-8,10,12-14,23H,9,11H2,1-4H3,(H,20,24). The van der Waals surface area contributed by atoms with Crippen molar-refractivity contribution in [3.05, 3.63) is 48.0 Å². The Hall–Kier alpha value is -2.34. The van der Waals surface area contributed by atoms with Gasteiger partial charge in [0, 0.05) is 31.7 Å². The van der Waals surface area contributed by atoms with Crippen molar-refractivity contribution in [3.8, 4) is 5.69 Å². The van der Waals surface area contributed by atoms with E-state index in [4.69, 9.17) is 0 Å². The first kappa shape index (κ1) is 18.0. The lowest BCUT2D eigenvalue weighted by Gasteiger charge is -2.22. The Morgan fingerprint density at radius 3 is 2.54 bits per heavy atom. The molecule has 0 aliphatic heterocycles. The normalized spacial score (nSPS) is 13.4. The highest BCUT2D eigenvalue weighted by Crippen LogP contribution is 2.17. The van der Waals surface area contributed by atoms with Crippen LogP contribution in [-0.2, 0) is 0 Å². The van der Waals surface area contributed by atoms with Gasteiger partial charge in [0.05, 0.1) is 12.1 Å². The van der Waals surface area contributed by atoms with Crippen LogP contribution in [0.15, 0.2) is 36.7 Å². The molecular weight excluding hydrogens is 304 g/mol. The van der Waals surface area contributed by atoms with Crippen molar-refractivity contribution in [2.75, 3.05) is 13.6 Å². The summed E-state index contributed by atoms with van der Waals surface area (Å²) in [5.74, 6) is 0.934. The first-order chi connectivity index (χ1) is 11.4. The Kier molecular flexibility index (Phi) is 5.98. The number of carbonyl (C=O) groups is 1. The number of aromatic nitrogens is 2. The number of aliphatic hydroxyl groups is 1. The molecule has 6 nitrogen and oxygen atoms in total. The third-order valence-corrected chi connectivity index (χ3v) is 4.07. The number of amides is 2. The van der Waals surface area contributed by atoms with E-state index in [1.54, 1.807) is 25.1 Å². The van der Waals surface area contributed by atoms with Crippen LogP contribution in [0.3, 0.4) is 0 Å². The van der Waals surface area contributed by atoms with Crippen molar-refractivity contribution in [2.45, 2.75) is 39.3 Å². The van der Waals surface area contributed by atoms with Crippen molar-refractivity contribution in [1.82, 2.24) is 19.8 Å². The van der Waals surface area contributed by atoms with Gasteiger partial charge in [-0.25, -0.2) is 9.78 Å². The zero-order chi connectivity index (χ0) is 17.7. The van der Waals surface area contributed by atoms with Gasteiger partial charge in [-0.15, -0.1) is 0 Å². The second-order valence-corrected chi connectivity index (χ2v) is 6.17. The van der Waals surface area contributed by atoms with Crippen molar-refractivity contribution in [3.63, 3.8) is 0 Å². The van der Waals surface area contributed by atoms with E-state index >= 15 is 0 Å². The molecular formula is C18H26N4O2. The van der Waals surface area contributed by atoms with Crippen molar-refractivity contribution >= 4 is 6.03 Å². The summed E-state index contributed by atoms with van der Waals surface area (Å²) in [6.45, 7) is 6.16. The SMILES string of the molecule is Cc1nccn1-c1ccc(C(C)NC(=O)N(C)CCC(C)O)cc1. The predicted octanol–water partition coefficient (Wildman–Crippen LogP) is 2.65. The Balaban J connectivity index is 1.96. The molecule has 2 atom stereocenters. The minimum atomic E-state index is -0.406. The molecule has 2 rings (SSSR count). The van der Waals surface area contributed by atoms with Crippen LogP contribution in [-0.4, -0.2) is 45.3 Å². The van der Waals surface area contributed by atoms with Gasteiger partial charge in [0.1, 0.15) is 5.82 Å². The van der Waals surface area contributed by atoms with Gasteiger partial charge >= 0.3 is 6.03 Å². The molecule has 0 saturated heterocycles. The number of nitrogens with zero attached hydrogens (tertiary/aromatic N) is 3. The number of benzene rings is 1. The zero-order valence-electron chi connectivity index (χ0n) is 14.7. The second-order valence-electron chi connectivity index (χ2n) is 6.17. The second kappa shape index (κ2) is 7.97. The first-order valence-corrected chi connectivity index (χ1v) is 8.18. The van der Waals surface area contributed by atoms with E-state index in [9.17, 15) is 9.90 Å². The largest absolute Gasteiger partial charge is 0.393 e. The number of nitrogens with one attached hydrogen (secondary N) is 1. The fourth-order valence-corrected chi connectivity index (χ4v) is 2.44. The number of aryl methyl sites for hydroxylation is 1. The minimum absolute atomic E-state index is 0.0931. The number of hydrogen-bond acceptors (Lipinski definition) is 3. The number of carbonyl (C=O) groups excluding carboxylic acids is 1. The van der Waals surface area contributed by atoms with Crippen LogP contribution in [0, 0.1) is 6.92 Å². The zero-order valence-corrected chi connectivity index (χ0v) is 14.7. The fraction of sp³-hybridized carbons (Fsp3) is 0.444. The lowest BCUT2D eigenvalue weighted by Crippen LogP contribution is -2.39. The lowest BCUT2D eigenvalue weighted by atomic mass is 10.1. The maximum Gasteiger partial charge on any atom is 0.317 e. The average molecular weight is 330 g/mol. The van der Waals surface area contributed by atoms with Gasteiger partial charge in [0.2, 0.25) is 0 Å². The molecule has 2 amide bonds. The van der Waals surface area contributed by atoms with Gasteiger partial charge < -0.3 is 19.9 Å². The highest BCUT2D eigenvalue weighted by Gasteiger charge is 2.14. The molecule has 6 heteroatoms. The number of hydrogen-bond donors (Lipinski definition) is 2. The summed E-state index contributed by atoms with van der Waals surface area (Å²) in [5.41, 5.74) is 2.08. The number of rotatable bonds is 6. The van der Waals surface area contributed by atoms with Crippen LogP contribution in [0.2, 0.25) is 0 Å². The van der Waals surface area contributed by atoms with E-state index in [0.29, 0.717) is 13.0 Å². The molecule has 1 aromatic carbocycles. The van der Waals surface area contributed by atoms with Gasteiger partial charge in [-0.1, -0.05) is 12.1 Å². The monoisotopic (exact) mass is 330 g/mol. The molecule has 0 spiro atoms. The molecule has 24 heavy (non-hydrogen) atoms. The van der Waals surface area contributed by atoms with Gasteiger partial charge in [-0.2, -0.15) is 0 Å². The molecule has 1 heterocycles. The summed E-state index contributed by atoms with van der Waals surface area (Å²) in [6, 6.07) is 7.82. The van der Waals surface area contributed by atoms with Crippen molar-refractivity contribution < 1.29 is 9.90 Å². The van der Waals surface area contributed by atoms with Gasteiger partial charge in [-0.3, -0.25) is 0 Å². The van der Waals surface area contributed by atoms with E-state index in [1.165, 1.54) is 0 Å². The average Bonchev–Trinajstić information content (AvgIpc) is 2.98. The highest BCUT2D eigenvalue weighted by molar-refractivity contribution is 5.74. The molecule has 0 fully saturated rings. The van der Waals surface area contributed by atoms with Crippen molar-refractivity contribution in [2.24, 2.45) is 0 Å². The maximum absolute atomic E-state index is 12.2. The smallest absolute Gasteiger partial charge is 0.317 e. The summed E-state index contributed by atoms with van der Waals surface area (Å²) in [7, 11) is 1.73. The predicted molar refractivity (Wildman–Crippen MR) is 94.2 cm³/mol. The van der Waals surface area contributed by atoms with Crippen LogP contribution in [0.25, 0.3) is 5.69 Å². The Morgan fingerprint density at radius 2 is 2.00 bits per heavy atom. The van der Waals surface area contributed by atoms with Gasteiger partial charge in [0.15, 0.2) is 0 Å². The topological polar surface area (TPSA) is 70.4 Å². The lowest BCUT2D eigenvalue weighted by molar-refractivity contribution is 0.162. The Labute approximate surface area is 143 Å². The molecule has 0 aliphatic carbocycles. The van der Waals surface area contributed by atoms with E-state index < -0.39 is 6.10 Å². The number of urea groups is 1. The summed E-state index contributed by atoms with van der Waals surface area (Å²) in [5, 5.41) is 12.3. The fourth-order valence-electron chi connectivity index (χ4n) is 2.44. The van der Waals surface area contributed by atoms with Crippen LogP contribution >= 0.6 is 0 Å². The van der Waals surface area contributed by atoms with E-state index in [2.05, 4.69) is 10.3 Å². The van der Waals surface area contributed by atoms with Crippen LogP contribution in [0.1, 0.15) is 37.7 Å². The molecule has 2 N–H and O–H groups in total. The maximum atomic E-state index is 12.2. The van der Waals surface area contributed by atoms with Crippen LogP contribution < -0.4 is 5.32 Å². The Morgan fingerprint density at radius 1 is 1.33 bits per heavy atom. The van der Waals surface area contributed by atoms with E-state index in [1.807, 2.05) is 48.9 Å². The third-order valence-electron chi connectivity index (χ3n) is 4.07. The molecule has 1 aromatic heterocycles. The summed E-state index contributed by atoms with van der Waals surface area (Å²) in [4.78, 5) is 18.0. The first-order valence-electron chi connectivity index (χ1n) is 8.18. The third kappa shape index (κ3) is 4.58. The van der Waals surface area contributed by atoms with E-state index in [-0.39, 0.29) is 12.1 Å². The summed E-state index contributed by atoms with van der Waals surface area (Å²) in [6.07, 6.45) is 3.86. The van der Waals surface area contributed by atoms with Gasteiger partial charge in [-0.05, 0) is 44.9 Å². The molecule has 0 bridgehead atoms. The highest BCUT2D eigenvalue weighted by atomic mass is 16.3. The van der Waals surface area contributed by atoms with Gasteiger partial charge in [0.25, 0.3) is 0 Å². The molecule has 0 saturated carbocycles. The molecule has 130 valence electrons. The number of imidazole rings is 1. The molecule has 2 unspecified atom stereocenters. The summed E-state index contributed by atoms with van der Waals surface area (Å²) >= 11 is 0. The van der Waals surface area contributed by atoms with Crippen molar-refractivity contribution in [1.29, 1.82) is 0 Å². The van der Waals surface area contributed by atoms with E-state index in [0.717, 1.165) is 17.1 Å². The molecule has 0 radical (unpaired) electrons.